The number of rotatable bonds is 5. The molecule has 1 heterocycles. The van der Waals surface area contributed by atoms with Crippen LogP contribution in [0, 0.1) is 5.41 Å². The summed E-state index contributed by atoms with van der Waals surface area (Å²) in [5, 5.41) is 13.2. The van der Waals surface area contributed by atoms with E-state index in [0.717, 1.165) is 36.1 Å². The van der Waals surface area contributed by atoms with Crippen molar-refractivity contribution in [1.29, 1.82) is 0 Å². The van der Waals surface area contributed by atoms with E-state index >= 15 is 0 Å². The zero-order valence-electron chi connectivity index (χ0n) is 12.4. The quantitative estimate of drug-likeness (QED) is 0.886. The molecule has 1 aromatic carbocycles. The predicted molar refractivity (Wildman–Crippen MR) is 83.8 cm³/mol. The van der Waals surface area contributed by atoms with Crippen LogP contribution in [0.25, 0.3) is 11.0 Å². The highest BCUT2D eigenvalue weighted by Gasteiger charge is 2.30. The van der Waals surface area contributed by atoms with Crippen LogP contribution < -0.4 is 5.32 Å². The van der Waals surface area contributed by atoms with Crippen molar-refractivity contribution in [3.05, 3.63) is 36.2 Å². The molecular formula is C17H23N3O. The monoisotopic (exact) mass is 285 g/mol. The van der Waals surface area contributed by atoms with Crippen molar-refractivity contribution in [1.82, 2.24) is 15.3 Å². The largest absolute Gasteiger partial charge is 0.396 e. The van der Waals surface area contributed by atoms with E-state index in [-0.39, 0.29) is 12.0 Å². The first-order chi connectivity index (χ1) is 10.3. The molecule has 0 aliphatic heterocycles. The third-order valence-electron chi connectivity index (χ3n) is 4.55. The van der Waals surface area contributed by atoms with Crippen molar-refractivity contribution in [2.45, 2.75) is 38.6 Å². The summed E-state index contributed by atoms with van der Waals surface area (Å²) in [5.41, 5.74) is 2.90. The van der Waals surface area contributed by atoms with E-state index in [1.54, 1.807) is 0 Å². The van der Waals surface area contributed by atoms with Crippen LogP contribution in [-0.2, 0) is 6.54 Å². The van der Waals surface area contributed by atoms with E-state index in [9.17, 15) is 5.11 Å². The Bertz CT molecular complexity index is 593. The highest BCUT2D eigenvalue weighted by Crippen LogP contribution is 2.35. The maximum absolute atomic E-state index is 9.71. The third-order valence-corrected chi connectivity index (χ3v) is 4.55. The van der Waals surface area contributed by atoms with Crippen LogP contribution in [0.15, 0.2) is 30.5 Å². The summed E-state index contributed by atoms with van der Waals surface area (Å²) in [4.78, 5) is 9.05. The molecular weight excluding hydrogens is 262 g/mol. The van der Waals surface area contributed by atoms with E-state index in [0.29, 0.717) is 6.54 Å². The van der Waals surface area contributed by atoms with Gasteiger partial charge in [0.05, 0.1) is 22.9 Å². The number of nitrogens with one attached hydrogen (secondary N) is 1. The van der Waals surface area contributed by atoms with E-state index in [1.165, 1.54) is 19.3 Å². The smallest absolute Gasteiger partial charge is 0.0890 e. The zero-order valence-corrected chi connectivity index (χ0v) is 12.4. The second-order valence-electron chi connectivity index (χ2n) is 6.17. The number of benzene rings is 1. The SMILES string of the molecule is OCC1(CNCc2cnc3ccccc3n2)CCCCC1. The van der Waals surface area contributed by atoms with Gasteiger partial charge in [-0.3, -0.25) is 4.98 Å². The molecule has 3 rings (SSSR count). The van der Waals surface area contributed by atoms with Crippen LogP contribution in [0.5, 0.6) is 0 Å². The summed E-state index contributed by atoms with van der Waals surface area (Å²) < 4.78 is 0. The highest BCUT2D eigenvalue weighted by molar-refractivity contribution is 5.73. The summed E-state index contributed by atoms with van der Waals surface area (Å²) in [6.45, 7) is 1.85. The summed E-state index contributed by atoms with van der Waals surface area (Å²) >= 11 is 0. The average Bonchev–Trinajstić information content (AvgIpc) is 2.55. The van der Waals surface area contributed by atoms with Gasteiger partial charge in [0, 0.05) is 25.1 Å². The molecule has 2 aromatic rings. The predicted octanol–water partition coefficient (Wildman–Crippen LogP) is 2.66. The molecule has 1 aliphatic carbocycles. The minimum Gasteiger partial charge on any atom is -0.396 e. The Labute approximate surface area is 125 Å². The Morgan fingerprint density at radius 2 is 1.86 bits per heavy atom. The molecule has 0 bridgehead atoms. The highest BCUT2D eigenvalue weighted by atomic mass is 16.3. The van der Waals surface area contributed by atoms with E-state index in [1.807, 2.05) is 30.5 Å². The average molecular weight is 285 g/mol. The Hall–Kier alpha value is -1.52. The molecule has 1 aromatic heterocycles. The molecule has 0 unspecified atom stereocenters. The van der Waals surface area contributed by atoms with Gasteiger partial charge in [0.15, 0.2) is 0 Å². The number of hydrogen-bond acceptors (Lipinski definition) is 4. The minimum atomic E-state index is 0.0720. The second kappa shape index (κ2) is 6.50. The molecule has 0 amide bonds. The van der Waals surface area contributed by atoms with Gasteiger partial charge in [-0.1, -0.05) is 31.4 Å². The zero-order chi connectivity index (χ0) is 14.5. The van der Waals surface area contributed by atoms with Gasteiger partial charge < -0.3 is 10.4 Å². The first-order valence-electron chi connectivity index (χ1n) is 7.84. The molecule has 21 heavy (non-hydrogen) atoms. The molecule has 1 fully saturated rings. The second-order valence-corrected chi connectivity index (χ2v) is 6.17. The molecule has 0 radical (unpaired) electrons. The van der Waals surface area contributed by atoms with Gasteiger partial charge in [0.2, 0.25) is 0 Å². The Morgan fingerprint density at radius 3 is 2.62 bits per heavy atom. The van der Waals surface area contributed by atoms with Crippen molar-refractivity contribution >= 4 is 11.0 Å². The molecule has 0 spiro atoms. The number of nitrogens with zero attached hydrogens (tertiary/aromatic N) is 2. The number of para-hydroxylation sites is 2. The molecule has 1 saturated carbocycles. The summed E-state index contributed by atoms with van der Waals surface area (Å²) in [7, 11) is 0. The number of fused-ring (bicyclic) bond motifs is 1. The van der Waals surface area contributed by atoms with Gasteiger partial charge >= 0.3 is 0 Å². The lowest BCUT2D eigenvalue weighted by Crippen LogP contribution is -2.38. The summed E-state index contributed by atoms with van der Waals surface area (Å²) in [6, 6.07) is 7.92. The van der Waals surface area contributed by atoms with Crippen molar-refractivity contribution in [2.75, 3.05) is 13.2 Å². The number of aliphatic hydroxyl groups is 1. The van der Waals surface area contributed by atoms with Crippen LogP contribution >= 0.6 is 0 Å². The van der Waals surface area contributed by atoms with Gasteiger partial charge in [0.1, 0.15) is 0 Å². The maximum Gasteiger partial charge on any atom is 0.0890 e. The van der Waals surface area contributed by atoms with Crippen molar-refractivity contribution in [3.8, 4) is 0 Å². The van der Waals surface area contributed by atoms with Crippen molar-refractivity contribution in [2.24, 2.45) is 5.41 Å². The van der Waals surface area contributed by atoms with Crippen LogP contribution in [0.3, 0.4) is 0 Å². The molecule has 2 N–H and O–H groups in total. The molecule has 1 aliphatic rings. The molecule has 0 atom stereocenters. The van der Waals surface area contributed by atoms with Crippen LogP contribution in [-0.4, -0.2) is 28.2 Å². The van der Waals surface area contributed by atoms with Gasteiger partial charge in [0.25, 0.3) is 0 Å². The lowest BCUT2D eigenvalue weighted by atomic mass is 9.74. The standard InChI is InChI=1S/C17H23N3O/c21-13-17(8-4-1-5-9-17)12-18-10-14-11-19-15-6-2-3-7-16(15)20-14/h2-3,6-7,11,18,21H,1,4-5,8-10,12-13H2. The molecule has 112 valence electrons. The Balaban J connectivity index is 1.60. The normalized spacial score (nSPS) is 18.0. The van der Waals surface area contributed by atoms with Crippen LogP contribution in [0.4, 0.5) is 0 Å². The van der Waals surface area contributed by atoms with Crippen LogP contribution in [0.2, 0.25) is 0 Å². The molecule has 4 heteroatoms. The Morgan fingerprint density at radius 1 is 1.10 bits per heavy atom. The van der Waals surface area contributed by atoms with E-state index < -0.39 is 0 Å². The fourth-order valence-corrected chi connectivity index (χ4v) is 3.23. The lowest BCUT2D eigenvalue weighted by Gasteiger charge is -2.35. The fourth-order valence-electron chi connectivity index (χ4n) is 3.23. The number of aliphatic hydroxyl groups excluding tert-OH is 1. The van der Waals surface area contributed by atoms with Gasteiger partial charge in [-0.05, 0) is 25.0 Å². The first kappa shape index (κ1) is 14.4. The van der Waals surface area contributed by atoms with Gasteiger partial charge in [-0.25, -0.2) is 4.98 Å². The van der Waals surface area contributed by atoms with Gasteiger partial charge in [-0.15, -0.1) is 0 Å². The summed E-state index contributed by atoms with van der Waals surface area (Å²) in [5.74, 6) is 0. The number of hydrogen-bond donors (Lipinski definition) is 2. The third kappa shape index (κ3) is 3.39. The summed E-state index contributed by atoms with van der Waals surface area (Å²) in [6.07, 6.45) is 7.86. The lowest BCUT2D eigenvalue weighted by molar-refractivity contribution is 0.0810. The Kier molecular flexibility index (Phi) is 4.46. The van der Waals surface area contributed by atoms with Crippen molar-refractivity contribution in [3.63, 3.8) is 0 Å². The van der Waals surface area contributed by atoms with Crippen molar-refractivity contribution < 1.29 is 5.11 Å². The van der Waals surface area contributed by atoms with E-state index in [4.69, 9.17) is 0 Å². The molecule has 0 saturated heterocycles. The minimum absolute atomic E-state index is 0.0720. The first-order valence-corrected chi connectivity index (χ1v) is 7.84. The van der Waals surface area contributed by atoms with Crippen LogP contribution in [0.1, 0.15) is 37.8 Å². The maximum atomic E-state index is 9.71. The number of aromatic nitrogens is 2. The topological polar surface area (TPSA) is 58.0 Å². The van der Waals surface area contributed by atoms with Gasteiger partial charge in [-0.2, -0.15) is 0 Å². The molecule has 4 nitrogen and oxygen atoms in total. The fraction of sp³-hybridized carbons (Fsp3) is 0.529. The van der Waals surface area contributed by atoms with E-state index in [2.05, 4.69) is 15.3 Å².